The lowest BCUT2D eigenvalue weighted by atomic mass is 10.3. The van der Waals surface area contributed by atoms with Crippen molar-refractivity contribution < 1.29 is 23.4 Å². The van der Waals surface area contributed by atoms with Crippen molar-refractivity contribution in [3.05, 3.63) is 12.0 Å². The zero-order valence-corrected chi connectivity index (χ0v) is 11.5. The monoisotopic (exact) mass is 291 g/mol. The average Bonchev–Trinajstić information content (AvgIpc) is 2.69. The summed E-state index contributed by atoms with van der Waals surface area (Å²) >= 11 is 0. The van der Waals surface area contributed by atoms with Crippen molar-refractivity contribution in [3.63, 3.8) is 0 Å². The quantitative estimate of drug-likeness (QED) is 0.612. The van der Waals surface area contributed by atoms with Gasteiger partial charge in [-0.1, -0.05) is 6.92 Å². The normalized spacial score (nSPS) is 13.4. The zero-order chi connectivity index (χ0) is 14.6. The van der Waals surface area contributed by atoms with E-state index in [1.54, 1.807) is 11.5 Å². The van der Waals surface area contributed by atoms with Gasteiger partial charge in [-0.05, 0) is 13.3 Å². The van der Waals surface area contributed by atoms with E-state index in [0.29, 0.717) is 12.4 Å². The van der Waals surface area contributed by atoms with Gasteiger partial charge in [-0.25, -0.2) is 13.4 Å². The van der Waals surface area contributed by atoms with Gasteiger partial charge in [0.1, 0.15) is 11.9 Å². The average molecular weight is 291 g/mol. The van der Waals surface area contributed by atoms with E-state index in [-0.39, 0.29) is 5.03 Å². The third kappa shape index (κ3) is 3.75. The van der Waals surface area contributed by atoms with Crippen molar-refractivity contribution >= 4 is 16.0 Å². The summed E-state index contributed by atoms with van der Waals surface area (Å²) in [6.07, 6.45) is 2.16. The molecule has 0 bridgehead atoms. The number of hydrogen-bond donors (Lipinski definition) is 3. The third-order valence-corrected chi connectivity index (χ3v) is 3.81. The molecule has 0 aliphatic rings. The summed E-state index contributed by atoms with van der Waals surface area (Å²) < 4.78 is 27.4. The Morgan fingerprint density at radius 1 is 1.58 bits per heavy atom. The molecule has 9 heteroatoms. The molecule has 19 heavy (non-hydrogen) atoms. The fraction of sp³-hybridized carbons (Fsp3) is 0.600. The maximum absolute atomic E-state index is 11.9. The first kappa shape index (κ1) is 15.6. The maximum atomic E-state index is 11.9. The van der Waals surface area contributed by atoms with Gasteiger partial charge in [0.15, 0.2) is 5.03 Å². The smallest absolute Gasteiger partial charge is 0.324 e. The SMILES string of the molecule is CCCn1cc(S(=O)(=O)N[C@@H](CO)C(=O)O)nc1C. The molecule has 8 nitrogen and oxygen atoms in total. The number of nitrogens with one attached hydrogen (secondary N) is 1. The van der Waals surface area contributed by atoms with E-state index >= 15 is 0 Å². The first-order valence-electron chi connectivity index (χ1n) is 5.71. The van der Waals surface area contributed by atoms with Crippen LogP contribution in [0.2, 0.25) is 0 Å². The summed E-state index contributed by atoms with van der Waals surface area (Å²) in [6.45, 7) is 3.40. The highest BCUT2D eigenvalue weighted by Crippen LogP contribution is 2.10. The zero-order valence-electron chi connectivity index (χ0n) is 10.7. The number of imidazole rings is 1. The number of aryl methyl sites for hydroxylation is 2. The van der Waals surface area contributed by atoms with Crippen LogP contribution in [0.3, 0.4) is 0 Å². The maximum Gasteiger partial charge on any atom is 0.324 e. The number of carboxylic acid groups (broad SMARTS) is 1. The van der Waals surface area contributed by atoms with Crippen LogP contribution >= 0.6 is 0 Å². The van der Waals surface area contributed by atoms with Crippen LogP contribution < -0.4 is 4.72 Å². The number of aromatic nitrogens is 2. The molecular formula is C10H17N3O5S. The summed E-state index contributed by atoms with van der Waals surface area (Å²) in [5.74, 6) is -0.922. The lowest BCUT2D eigenvalue weighted by molar-refractivity contribution is -0.139. The van der Waals surface area contributed by atoms with Gasteiger partial charge in [-0.3, -0.25) is 4.79 Å². The second-order valence-corrected chi connectivity index (χ2v) is 5.68. The van der Waals surface area contributed by atoms with Gasteiger partial charge in [0.25, 0.3) is 10.0 Å². The summed E-state index contributed by atoms with van der Waals surface area (Å²) in [7, 11) is -4.06. The van der Waals surface area contributed by atoms with Crippen LogP contribution in [0.25, 0.3) is 0 Å². The molecule has 0 saturated heterocycles. The summed E-state index contributed by atoms with van der Waals surface area (Å²) in [5, 5.41) is 17.3. The Hall–Kier alpha value is -1.45. The molecule has 0 fully saturated rings. The predicted molar refractivity (Wildman–Crippen MR) is 66.1 cm³/mol. The molecule has 1 heterocycles. The molecule has 0 amide bonds. The molecule has 0 radical (unpaired) electrons. The van der Waals surface area contributed by atoms with Gasteiger partial charge in [0.2, 0.25) is 0 Å². The molecule has 1 rings (SSSR count). The molecule has 108 valence electrons. The third-order valence-electron chi connectivity index (χ3n) is 2.47. The van der Waals surface area contributed by atoms with Gasteiger partial charge >= 0.3 is 5.97 Å². The second kappa shape index (κ2) is 6.13. The highest BCUT2D eigenvalue weighted by molar-refractivity contribution is 7.89. The molecule has 0 saturated carbocycles. The highest BCUT2D eigenvalue weighted by atomic mass is 32.2. The Labute approximate surface area is 111 Å². The minimum Gasteiger partial charge on any atom is -0.480 e. The summed E-state index contributed by atoms with van der Waals surface area (Å²) in [5.41, 5.74) is 0. The van der Waals surface area contributed by atoms with Crippen LogP contribution in [0, 0.1) is 6.92 Å². The van der Waals surface area contributed by atoms with Gasteiger partial charge in [0, 0.05) is 12.7 Å². The Morgan fingerprint density at radius 3 is 2.68 bits per heavy atom. The fourth-order valence-electron chi connectivity index (χ4n) is 1.49. The van der Waals surface area contributed by atoms with Gasteiger partial charge in [0.05, 0.1) is 6.61 Å². The number of carboxylic acids is 1. The van der Waals surface area contributed by atoms with Gasteiger partial charge in [-0.2, -0.15) is 4.72 Å². The van der Waals surface area contributed by atoms with E-state index < -0.39 is 28.6 Å². The summed E-state index contributed by atoms with van der Waals surface area (Å²) in [6, 6.07) is -1.58. The van der Waals surface area contributed by atoms with Crippen LogP contribution in [-0.2, 0) is 21.4 Å². The van der Waals surface area contributed by atoms with Crippen LogP contribution in [-0.4, -0.2) is 46.8 Å². The first-order valence-corrected chi connectivity index (χ1v) is 7.20. The molecule has 3 N–H and O–H groups in total. The lowest BCUT2D eigenvalue weighted by Crippen LogP contribution is -2.43. The van der Waals surface area contributed by atoms with E-state index in [2.05, 4.69) is 4.98 Å². The highest BCUT2D eigenvalue weighted by Gasteiger charge is 2.26. The van der Waals surface area contributed by atoms with E-state index in [9.17, 15) is 13.2 Å². The topological polar surface area (TPSA) is 122 Å². The molecule has 1 atom stereocenters. The van der Waals surface area contributed by atoms with Crippen LogP contribution in [0.15, 0.2) is 11.2 Å². The van der Waals surface area contributed by atoms with Crippen molar-refractivity contribution in [1.29, 1.82) is 0 Å². The molecular weight excluding hydrogens is 274 g/mol. The van der Waals surface area contributed by atoms with Crippen LogP contribution in [0.5, 0.6) is 0 Å². The number of carbonyl (C=O) groups is 1. The van der Waals surface area contributed by atoms with Crippen molar-refractivity contribution in [3.8, 4) is 0 Å². The minimum absolute atomic E-state index is 0.252. The standard InChI is InChI=1S/C10H17N3O5S/c1-3-4-13-5-9(11-7(13)2)19(17,18)12-8(6-14)10(15)16/h5,8,12,14H,3-4,6H2,1-2H3,(H,15,16)/t8-/m0/s1. The largest absolute Gasteiger partial charge is 0.480 e. The van der Waals surface area contributed by atoms with E-state index in [0.717, 1.165) is 6.42 Å². The molecule has 0 aliphatic carbocycles. The molecule has 1 aromatic rings. The van der Waals surface area contributed by atoms with E-state index in [4.69, 9.17) is 10.2 Å². The number of nitrogens with zero attached hydrogens (tertiary/aromatic N) is 2. The number of aliphatic hydroxyl groups is 1. The van der Waals surface area contributed by atoms with Crippen molar-refractivity contribution in [2.24, 2.45) is 0 Å². The van der Waals surface area contributed by atoms with E-state index in [1.165, 1.54) is 6.20 Å². The number of sulfonamides is 1. The van der Waals surface area contributed by atoms with Crippen LogP contribution in [0.4, 0.5) is 0 Å². The molecule has 1 aromatic heterocycles. The second-order valence-electron chi connectivity index (χ2n) is 4.01. The fourth-order valence-corrected chi connectivity index (χ4v) is 2.68. The molecule has 0 spiro atoms. The van der Waals surface area contributed by atoms with Crippen molar-refractivity contribution in [1.82, 2.24) is 14.3 Å². The van der Waals surface area contributed by atoms with Crippen molar-refractivity contribution in [2.45, 2.75) is 37.9 Å². The number of aliphatic hydroxyl groups excluding tert-OH is 1. The molecule has 0 aliphatic heterocycles. The van der Waals surface area contributed by atoms with E-state index in [1.807, 2.05) is 11.6 Å². The number of hydrogen-bond acceptors (Lipinski definition) is 5. The Morgan fingerprint density at radius 2 is 2.21 bits per heavy atom. The van der Waals surface area contributed by atoms with Gasteiger partial charge in [-0.15, -0.1) is 0 Å². The van der Waals surface area contributed by atoms with Crippen molar-refractivity contribution in [2.75, 3.05) is 6.61 Å². The number of rotatable bonds is 7. The summed E-state index contributed by atoms with van der Waals surface area (Å²) in [4.78, 5) is 14.6. The Bertz CT molecular complexity index is 552. The Kier molecular flexibility index (Phi) is 5.04. The first-order chi connectivity index (χ1) is 8.81. The van der Waals surface area contributed by atoms with Crippen LogP contribution in [0.1, 0.15) is 19.2 Å². The Balaban J connectivity index is 3.00. The predicted octanol–water partition coefficient (Wildman–Crippen LogP) is -0.675. The van der Waals surface area contributed by atoms with Gasteiger partial charge < -0.3 is 14.8 Å². The minimum atomic E-state index is -4.06. The number of aliphatic carboxylic acids is 1. The lowest BCUT2D eigenvalue weighted by Gasteiger charge is -2.10. The molecule has 0 aromatic carbocycles. The molecule has 0 unspecified atom stereocenters.